The summed E-state index contributed by atoms with van der Waals surface area (Å²) in [7, 11) is -0.148. The fourth-order valence-corrected chi connectivity index (χ4v) is 5.82. The molecule has 0 bridgehead atoms. The van der Waals surface area contributed by atoms with Gasteiger partial charge in [0.1, 0.15) is 0 Å². The fourth-order valence-electron chi connectivity index (χ4n) is 5.03. The van der Waals surface area contributed by atoms with Gasteiger partial charge in [0.25, 0.3) is 0 Å². The highest BCUT2D eigenvalue weighted by molar-refractivity contribution is 7.64. The first-order valence-corrected chi connectivity index (χ1v) is 13.6. The normalized spacial score (nSPS) is 11.6. The molecule has 0 nitrogen and oxygen atoms in total. The topological polar surface area (TPSA) is 0 Å². The average Bonchev–Trinajstić information content (AvgIpc) is 2.87. The Labute approximate surface area is 196 Å². The third-order valence-corrected chi connectivity index (χ3v) is 7.93. The number of rotatable bonds is 3. The van der Waals surface area contributed by atoms with Crippen molar-refractivity contribution >= 4 is 45.5 Å². The summed E-state index contributed by atoms with van der Waals surface area (Å²) in [4.78, 5) is 0. The van der Waals surface area contributed by atoms with E-state index in [1.165, 1.54) is 59.9 Å². The zero-order valence-corrected chi connectivity index (χ0v) is 19.8. The van der Waals surface area contributed by atoms with Crippen LogP contribution in [0.5, 0.6) is 0 Å². The molecule has 6 aromatic rings. The van der Waals surface area contributed by atoms with Gasteiger partial charge in [0, 0.05) is 0 Å². The van der Waals surface area contributed by atoms with Gasteiger partial charge in [-0.25, -0.2) is 0 Å². The molecule has 0 fully saturated rings. The number of hydrogen-bond acceptors (Lipinski definition) is 0. The van der Waals surface area contributed by atoms with Gasteiger partial charge in [0.05, 0.1) is 0 Å². The lowest BCUT2D eigenvalue weighted by molar-refractivity contribution is 1.68. The van der Waals surface area contributed by atoms with Gasteiger partial charge >= 0.3 is 0 Å². The Morgan fingerprint density at radius 3 is 1.52 bits per heavy atom. The molecule has 33 heavy (non-hydrogen) atoms. The number of fused-ring (bicyclic) bond motifs is 3. The first kappa shape index (κ1) is 20.2. The van der Waals surface area contributed by atoms with E-state index in [4.69, 9.17) is 0 Å². The van der Waals surface area contributed by atoms with Gasteiger partial charge in [0.2, 0.25) is 0 Å². The lowest BCUT2D eigenvalue weighted by Gasteiger charge is -2.18. The quantitative estimate of drug-likeness (QED) is 0.190. The van der Waals surface area contributed by atoms with Crippen molar-refractivity contribution in [2.45, 2.75) is 0 Å². The van der Waals surface area contributed by atoms with Crippen molar-refractivity contribution in [3.8, 4) is 22.3 Å². The molecular weight excluding hydrogens is 415 g/mol. The third kappa shape index (κ3) is 3.43. The zero-order chi connectivity index (χ0) is 22.4. The highest BCUT2D eigenvalue weighted by Crippen LogP contribution is 2.44. The molecule has 1 heteroatoms. The van der Waals surface area contributed by atoms with Gasteiger partial charge in [-0.2, -0.15) is 0 Å². The number of hydrogen-bond donors (Lipinski definition) is 0. The molecular formula is C32H25P. The average molecular weight is 441 g/mol. The summed E-state index contributed by atoms with van der Waals surface area (Å²) >= 11 is 0. The molecule has 0 aliphatic carbocycles. The minimum atomic E-state index is -0.148. The molecule has 0 radical (unpaired) electrons. The Balaban J connectivity index is 1.74. The lowest BCUT2D eigenvalue weighted by atomic mass is 9.85. The van der Waals surface area contributed by atoms with E-state index in [9.17, 15) is 0 Å². The summed E-state index contributed by atoms with van der Waals surface area (Å²) in [5.74, 6) is 0. The van der Waals surface area contributed by atoms with Crippen molar-refractivity contribution in [3.63, 3.8) is 0 Å². The first-order valence-electron chi connectivity index (χ1n) is 11.4. The van der Waals surface area contributed by atoms with E-state index in [1.54, 1.807) is 0 Å². The molecule has 0 unspecified atom stereocenters. The van der Waals surface area contributed by atoms with Crippen LogP contribution in [0.2, 0.25) is 0 Å². The van der Waals surface area contributed by atoms with Crippen LogP contribution in [0.15, 0.2) is 115 Å². The Kier molecular flexibility index (Phi) is 4.97. The minimum absolute atomic E-state index is 0.148. The van der Waals surface area contributed by atoms with Crippen LogP contribution in [-0.2, 0) is 0 Å². The van der Waals surface area contributed by atoms with Crippen molar-refractivity contribution in [2.24, 2.45) is 0 Å². The second kappa shape index (κ2) is 8.14. The van der Waals surface area contributed by atoms with Crippen molar-refractivity contribution < 1.29 is 0 Å². The summed E-state index contributed by atoms with van der Waals surface area (Å²) < 4.78 is 0. The van der Waals surface area contributed by atoms with Crippen molar-refractivity contribution in [1.82, 2.24) is 0 Å². The van der Waals surface area contributed by atoms with E-state index < -0.39 is 0 Å². The van der Waals surface area contributed by atoms with E-state index in [-0.39, 0.29) is 7.92 Å². The largest absolute Gasteiger partial charge is 0.0817 e. The van der Waals surface area contributed by atoms with Crippen molar-refractivity contribution in [3.05, 3.63) is 115 Å². The fraction of sp³-hybridized carbons (Fsp3) is 0.0625. The summed E-state index contributed by atoms with van der Waals surface area (Å²) in [5, 5.41) is 9.23. The van der Waals surface area contributed by atoms with Gasteiger partial charge < -0.3 is 0 Å². The summed E-state index contributed by atoms with van der Waals surface area (Å²) in [6, 6.07) is 42.4. The van der Waals surface area contributed by atoms with Crippen LogP contribution in [0.3, 0.4) is 0 Å². The molecule has 0 amide bonds. The van der Waals surface area contributed by atoms with E-state index in [0.29, 0.717) is 0 Å². The second-order valence-corrected chi connectivity index (χ2v) is 11.2. The smallest absolute Gasteiger partial charge is 0.00261 e. The Bertz CT molecular complexity index is 1580. The molecule has 0 N–H and O–H groups in total. The molecule has 6 rings (SSSR count). The lowest BCUT2D eigenvalue weighted by Crippen LogP contribution is -1.99. The summed E-state index contributed by atoms with van der Waals surface area (Å²) in [6.45, 7) is 4.65. The SMILES string of the molecule is CP(C)c1cccc(-c2c3ccccc3c(-c3ccc4ccccc4c3)c3ccccc23)c1. The predicted molar refractivity (Wildman–Crippen MR) is 148 cm³/mol. The van der Waals surface area contributed by atoms with Gasteiger partial charge in [-0.1, -0.05) is 111 Å². The van der Waals surface area contributed by atoms with Crippen LogP contribution in [0.1, 0.15) is 0 Å². The monoisotopic (exact) mass is 440 g/mol. The van der Waals surface area contributed by atoms with E-state index in [0.717, 1.165) is 0 Å². The Morgan fingerprint density at radius 1 is 0.424 bits per heavy atom. The van der Waals surface area contributed by atoms with Crippen molar-refractivity contribution in [2.75, 3.05) is 13.3 Å². The van der Waals surface area contributed by atoms with E-state index >= 15 is 0 Å². The Morgan fingerprint density at radius 2 is 0.939 bits per heavy atom. The maximum atomic E-state index is 2.40. The van der Waals surface area contributed by atoms with Crippen LogP contribution >= 0.6 is 7.92 Å². The minimum Gasteiger partial charge on any atom is -0.0817 e. The molecule has 158 valence electrons. The zero-order valence-electron chi connectivity index (χ0n) is 18.9. The Hall–Kier alpha value is -3.47. The van der Waals surface area contributed by atoms with E-state index in [2.05, 4.69) is 129 Å². The predicted octanol–water partition coefficient (Wildman–Crippen LogP) is 8.85. The van der Waals surface area contributed by atoms with Gasteiger partial charge in [-0.05, 0) is 85.3 Å². The molecule has 0 aliphatic heterocycles. The van der Waals surface area contributed by atoms with E-state index in [1.807, 2.05) is 0 Å². The molecule has 0 aliphatic rings. The molecule has 6 aromatic carbocycles. The molecule has 0 saturated heterocycles. The third-order valence-electron chi connectivity index (χ3n) is 6.62. The first-order chi connectivity index (χ1) is 16.2. The van der Waals surface area contributed by atoms with Crippen LogP contribution in [0.25, 0.3) is 54.6 Å². The summed E-state index contributed by atoms with van der Waals surface area (Å²) in [6.07, 6.45) is 0. The van der Waals surface area contributed by atoms with Crippen LogP contribution < -0.4 is 5.30 Å². The molecule has 0 aromatic heterocycles. The van der Waals surface area contributed by atoms with Crippen LogP contribution in [0, 0.1) is 0 Å². The van der Waals surface area contributed by atoms with Crippen molar-refractivity contribution in [1.29, 1.82) is 0 Å². The van der Waals surface area contributed by atoms with Gasteiger partial charge in [0.15, 0.2) is 0 Å². The highest BCUT2D eigenvalue weighted by Gasteiger charge is 2.17. The maximum Gasteiger partial charge on any atom is -0.00261 e. The van der Waals surface area contributed by atoms with Gasteiger partial charge in [-0.3, -0.25) is 0 Å². The molecule has 0 saturated carbocycles. The van der Waals surface area contributed by atoms with Crippen LogP contribution in [0.4, 0.5) is 0 Å². The van der Waals surface area contributed by atoms with Crippen LogP contribution in [-0.4, -0.2) is 13.3 Å². The maximum absolute atomic E-state index is 2.40. The summed E-state index contributed by atoms with van der Waals surface area (Å²) in [5.41, 5.74) is 5.23. The molecule has 0 heterocycles. The second-order valence-electron chi connectivity index (χ2n) is 8.85. The molecule has 0 spiro atoms. The standard InChI is InChI=1S/C32H25P/c1-33(2)26-13-9-12-24(21-26)31-27-14-5-7-16-29(27)32(30-17-8-6-15-28(30)31)25-19-18-22-10-3-4-11-23(22)20-25/h3-21H,1-2H3. The van der Waals surface area contributed by atoms with Gasteiger partial charge in [-0.15, -0.1) is 0 Å². The number of benzene rings is 6. The highest BCUT2D eigenvalue weighted by atomic mass is 31.1. The molecule has 0 atom stereocenters.